The fourth-order valence-electron chi connectivity index (χ4n) is 2.33. The van der Waals surface area contributed by atoms with E-state index in [-0.39, 0.29) is 18.7 Å². The van der Waals surface area contributed by atoms with E-state index in [0.717, 1.165) is 11.6 Å². The molecule has 1 atom stereocenters. The molecule has 0 saturated carbocycles. The first-order valence-electron chi connectivity index (χ1n) is 7.47. The van der Waals surface area contributed by atoms with Gasteiger partial charge in [0.05, 0.1) is 19.3 Å². The van der Waals surface area contributed by atoms with Crippen molar-refractivity contribution >= 4 is 0 Å². The van der Waals surface area contributed by atoms with Crippen LogP contribution in [0.2, 0.25) is 0 Å². The second-order valence-electron chi connectivity index (χ2n) is 5.56. The number of rotatable bonds is 8. The van der Waals surface area contributed by atoms with Gasteiger partial charge in [0, 0.05) is 18.7 Å². The van der Waals surface area contributed by atoms with Gasteiger partial charge < -0.3 is 9.84 Å². The minimum Gasteiger partial charge on any atom is -0.389 e. The van der Waals surface area contributed by atoms with Gasteiger partial charge in [-0.2, -0.15) is 0 Å². The third-order valence-electron chi connectivity index (χ3n) is 3.42. The van der Waals surface area contributed by atoms with Crippen LogP contribution in [0.1, 0.15) is 11.1 Å². The van der Waals surface area contributed by atoms with Crippen molar-refractivity contribution < 1.29 is 18.6 Å². The van der Waals surface area contributed by atoms with Crippen LogP contribution in [-0.4, -0.2) is 36.3 Å². The van der Waals surface area contributed by atoms with Gasteiger partial charge in [0.25, 0.3) is 0 Å². The summed E-state index contributed by atoms with van der Waals surface area (Å²) in [5.41, 5.74) is 1.31. The SMILES string of the molecule is CN(Cc1cccc(F)c1F)CC(O)COCc1ccccc1. The molecule has 124 valence electrons. The van der Waals surface area contributed by atoms with Gasteiger partial charge in [-0.25, -0.2) is 8.78 Å². The van der Waals surface area contributed by atoms with Crippen LogP contribution in [0, 0.1) is 11.6 Å². The predicted molar refractivity (Wildman–Crippen MR) is 84.8 cm³/mol. The summed E-state index contributed by atoms with van der Waals surface area (Å²) in [5, 5.41) is 9.97. The number of benzene rings is 2. The summed E-state index contributed by atoms with van der Waals surface area (Å²) in [6, 6.07) is 13.8. The molecule has 0 spiro atoms. The summed E-state index contributed by atoms with van der Waals surface area (Å²) >= 11 is 0. The molecule has 3 nitrogen and oxygen atoms in total. The van der Waals surface area contributed by atoms with Gasteiger partial charge in [0.2, 0.25) is 0 Å². The topological polar surface area (TPSA) is 32.7 Å². The molecule has 2 aromatic rings. The molecule has 0 aliphatic carbocycles. The van der Waals surface area contributed by atoms with E-state index in [2.05, 4.69) is 0 Å². The Bertz CT molecular complexity index is 607. The van der Waals surface area contributed by atoms with Crippen LogP contribution in [-0.2, 0) is 17.9 Å². The Kier molecular flexibility index (Phi) is 6.65. The second kappa shape index (κ2) is 8.72. The van der Waals surface area contributed by atoms with E-state index in [1.165, 1.54) is 12.1 Å². The van der Waals surface area contributed by atoms with E-state index >= 15 is 0 Å². The molecule has 2 rings (SSSR count). The van der Waals surface area contributed by atoms with E-state index in [9.17, 15) is 13.9 Å². The van der Waals surface area contributed by atoms with Crippen molar-refractivity contribution in [2.75, 3.05) is 20.2 Å². The lowest BCUT2D eigenvalue weighted by Gasteiger charge is -2.21. The summed E-state index contributed by atoms with van der Waals surface area (Å²) in [5.74, 6) is -1.70. The maximum Gasteiger partial charge on any atom is 0.163 e. The van der Waals surface area contributed by atoms with Crippen molar-refractivity contribution in [1.82, 2.24) is 4.90 Å². The molecule has 0 aliphatic rings. The molecule has 2 aromatic carbocycles. The number of hydrogen-bond donors (Lipinski definition) is 1. The van der Waals surface area contributed by atoms with Gasteiger partial charge in [-0.05, 0) is 18.7 Å². The number of aliphatic hydroxyl groups excluding tert-OH is 1. The molecule has 1 unspecified atom stereocenters. The summed E-state index contributed by atoms with van der Waals surface area (Å²) in [6.07, 6.45) is -0.694. The number of ether oxygens (including phenoxy) is 1. The van der Waals surface area contributed by atoms with Crippen molar-refractivity contribution in [2.45, 2.75) is 19.3 Å². The molecule has 0 aliphatic heterocycles. The Morgan fingerprint density at radius 1 is 1.09 bits per heavy atom. The molecule has 0 aromatic heterocycles. The number of hydrogen-bond acceptors (Lipinski definition) is 3. The van der Waals surface area contributed by atoms with Gasteiger partial charge in [0.1, 0.15) is 0 Å². The normalized spacial score (nSPS) is 12.6. The fourth-order valence-corrected chi connectivity index (χ4v) is 2.33. The minimum atomic E-state index is -0.859. The molecule has 23 heavy (non-hydrogen) atoms. The van der Waals surface area contributed by atoms with Crippen LogP contribution in [0.3, 0.4) is 0 Å². The molecule has 0 radical (unpaired) electrons. The number of nitrogens with zero attached hydrogens (tertiary/aromatic N) is 1. The molecule has 0 saturated heterocycles. The molecule has 0 heterocycles. The van der Waals surface area contributed by atoms with Gasteiger partial charge in [0.15, 0.2) is 11.6 Å². The van der Waals surface area contributed by atoms with Gasteiger partial charge in [-0.15, -0.1) is 0 Å². The largest absolute Gasteiger partial charge is 0.389 e. The van der Waals surface area contributed by atoms with Gasteiger partial charge >= 0.3 is 0 Å². The standard InChI is InChI=1S/C18H21F2NO2/c1-21(10-15-8-5-9-17(19)18(15)20)11-16(22)13-23-12-14-6-3-2-4-7-14/h2-9,16,22H,10-13H2,1H3. The third kappa shape index (κ3) is 5.71. The highest BCUT2D eigenvalue weighted by molar-refractivity contribution is 5.18. The lowest BCUT2D eigenvalue weighted by atomic mass is 10.2. The second-order valence-corrected chi connectivity index (χ2v) is 5.56. The summed E-state index contributed by atoms with van der Waals surface area (Å²) in [4.78, 5) is 1.73. The Balaban J connectivity index is 1.74. The Hall–Kier alpha value is -1.82. The monoisotopic (exact) mass is 321 g/mol. The van der Waals surface area contributed by atoms with Crippen LogP contribution in [0.15, 0.2) is 48.5 Å². The zero-order valence-electron chi connectivity index (χ0n) is 13.1. The molecule has 5 heteroatoms. The maximum atomic E-state index is 13.6. The zero-order chi connectivity index (χ0) is 16.7. The van der Waals surface area contributed by atoms with Crippen LogP contribution in [0.5, 0.6) is 0 Å². The molecule has 1 N–H and O–H groups in total. The molecule has 0 fully saturated rings. The summed E-state index contributed by atoms with van der Waals surface area (Å²) in [7, 11) is 1.74. The molecule has 0 bridgehead atoms. The van der Waals surface area contributed by atoms with Crippen molar-refractivity contribution in [3.05, 3.63) is 71.3 Å². The van der Waals surface area contributed by atoms with E-state index < -0.39 is 17.7 Å². The van der Waals surface area contributed by atoms with Gasteiger partial charge in [-0.1, -0.05) is 42.5 Å². The highest BCUT2D eigenvalue weighted by atomic mass is 19.2. The lowest BCUT2D eigenvalue weighted by Crippen LogP contribution is -2.32. The zero-order valence-corrected chi connectivity index (χ0v) is 13.1. The summed E-state index contributed by atoms with van der Waals surface area (Å²) < 4.78 is 32.2. The van der Waals surface area contributed by atoms with E-state index in [1.54, 1.807) is 11.9 Å². The minimum absolute atomic E-state index is 0.185. The Morgan fingerprint density at radius 3 is 2.57 bits per heavy atom. The summed E-state index contributed by atoms with van der Waals surface area (Å²) in [6.45, 7) is 1.15. The third-order valence-corrected chi connectivity index (χ3v) is 3.42. The van der Waals surface area contributed by atoms with Crippen LogP contribution in [0.25, 0.3) is 0 Å². The smallest absolute Gasteiger partial charge is 0.163 e. The van der Waals surface area contributed by atoms with Crippen molar-refractivity contribution in [3.63, 3.8) is 0 Å². The van der Waals surface area contributed by atoms with Crippen LogP contribution in [0.4, 0.5) is 8.78 Å². The van der Waals surface area contributed by atoms with E-state index in [1.807, 2.05) is 30.3 Å². The van der Waals surface area contributed by atoms with Crippen LogP contribution >= 0.6 is 0 Å². The molecular formula is C18H21F2NO2. The first kappa shape index (κ1) is 17.5. The highest BCUT2D eigenvalue weighted by Crippen LogP contribution is 2.13. The van der Waals surface area contributed by atoms with Gasteiger partial charge in [-0.3, -0.25) is 4.90 Å². The average Bonchev–Trinajstić information content (AvgIpc) is 2.53. The molecular weight excluding hydrogens is 300 g/mol. The van der Waals surface area contributed by atoms with Crippen molar-refractivity contribution in [1.29, 1.82) is 0 Å². The number of aliphatic hydroxyl groups is 1. The highest BCUT2D eigenvalue weighted by Gasteiger charge is 2.13. The number of halogens is 2. The number of likely N-dealkylation sites (N-methyl/N-ethyl adjacent to an activating group) is 1. The quantitative estimate of drug-likeness (QED) is 0.811. The first-order chi connectivity index (χ1) is 11.1. The van der Waals surface area contributed by atoms with Crippen molar-refractivity contribution in [3.8, 4) is 0 Å². The Morgan fingerprint density at radius 2 is 1.83 bits per heavy atom. The van der Waals surface area contributed by atoms with Crippen molar-refractivity contribution in [2.24, 2.45) is 0 Å². The predicted octanol–water partition coefficient (Wildman–Crippen LogP) is 2.97. The fraction of sp³-hybridized carbons (Fsp3) is 0.333. The average molecular weight is 321 g/mol. The Labute approximate surface area is 135 Å². The molecule has 0 amide bonds. The first-order valence-corrected chi connectivity index (χ1v) is 7.47. The lowest BCUT2D eigenvalue weighted by molar-refractivity contribution is 0.0126. The van der Waals surface area contributed by atoms with Crippen LogP contribution < -0.4 is 0 Å². The van der Waals surface area contributed by atoms with E-state index in [4.69, 9.17) is 4.74 Å². The van der Waals surface area contributed by atoms with E-state index in [0.29, 0.717) is 13.2 Å². The maximum absolute atomic E-state index is 13.6.